The summed E-state index contributed by atoms with van der Waals surface area (Å²) < 4.78 is 0. The summed E-state index contributed by atoms with van der Waals surface area (Å²) >= 11 is 0. The Kier molecular flexibility index (Phi) is 2.55. The smallest absolute Gasteiger partial charge is 0.228 e. The van der Waals surface area contributed by atoms with E-state index in [1.165, 1.54) is 38.6 Å². The molecule has 4 rings (SSSR count). The van der Waals surface area contributed by atoms with Crippen molar-refractivity contribution in [3.05, 3.63) is 0 Å². The van der Waals surface area contributed by atoms with Crippen LogP contribution >= 0.6 is 0 Å². The van der Waals surface area contributed by atoms with E-state index in [4.69, 9.17) is 0 Å². The van der Waals surface area contributed by atoms with E-state index in [1.54, 1.807) is 0 Å². The van der Waals surface area contributed by atoms with Crippen LogP contribution in [0.5, 0.6) is 0 Å². The van der Waals surface area contributed by atoms with Gasteiger partial charge in [-0.05, 0) is 63.3 Å². The largest absolute Gasteiger partial charge is 0.342 e. The van der Waals surface area contributed by atoms with Crippen LogP contribution < -0.4 is 5.32 Å². The fourth-order valence-corrected chi connectivity index (χ4v) is 4.82. The summed E-state index contributed by atoms with van der Waals surface area (Å²) in [7, 11) is 0. The molecular formula is C16H26N2O. The average Bonchev–Trinajstić information content (AvgIpc) is 3.09. The Morgan fingerprint density at radius 3 is 2.63 bits per heavy atom. The van der Waals surface area contributed by atoms with E-state index >= 15 is 0 Å². The molecule has 0 aromatic carbocycles. The second kappa shape index (κ2) is 3.97. The van der Waals surface area contributed by atoms with Crippen LogP contribution in [0.1, 0.15) is 51.9 Å². The van der Waals surface area contributed by atoms with Crippen molar-refractivity contribution in [2.24, 2.45) is 17.3 Å². The Morgan fingerprint density at radius 2 is 2.00 bits per heavy atom. The second-order valence-electron chi connectivity index (χ2n) is 7.64. The molecule has 3 atom stereocenters. The Balaban J connectivity index is 1.48. The van der Waals surface area contributed by atoms with Crippen LogP contribution in [0.15, 0.2) is 0 Å². The first-order valence-electron chi connectivity index (χ1n) is 8.18. The molecule has 3 nitrogen and oxygen atoms in total. The minimum absolute atomic E-state index is 0.0156. The van der Waals surface area contributed by atoms with Crippen LogP contribution in [0.4, 0.5) is 0 Å². The molecule has 0 aromatic heterocycles. The third kappa shape index (κ3) is 1.70. The van der Waals surface area contributed by atoms with Crippen LogP contribution in [-0.4, -0.2) is 36.0 Å². The van der Waals surface area contributed by atoms with Gasteiger partial charge in [0.15, 0.2) is 0 Å². The van der Waals surface area contributed by atoms with E-state index in [0.29, 0.717) is 17.4 Å². The molecule has 2 aliphatic heterocycles. The van der Waals surface area contributed by atoms with E-state index in [0.717, 1.165) is 31.8 Å². The third-order valence-electron chi connectivity index (χ3n) is 6.54. The summed E-state index contributed by atoms with van der Waals surface area (Å²) in [5, 5.41) is 3.82. The minimum atomic E-state index is 0.0156. The highest BCUT2D eigenvalue weighted by Crippen LogP contribution is 2.52. The number of amides is 1. The molecule has 2 aliphatic carbocycles. The summed E-state index contributed by atoms with van der Waals surface area (Å²) in [6.07, 6.45) is 8.88. The predicted octanol–water partition coefficient (Wildman–Crippen LogP) is 2.17. The molecule has 2 saturated heterocycles. The van der Waals surface area contributed by atoms with E-state index in [-0.39, 0.29) is 5.41 Å². The van der Waals surface area contributed by atoms with Gasteiger partial charge in [0.05, 0.1) is 0 Å². The zero-order valence-corrected chi connectivity index (χ0v) is 12.1. The lowest BCUT2D eigenvalue weighted by Crippen LogP contribution is -2.62. The lowest BCUT2D eigenvalue weighted by molar-refractivity contribution is -0.139. The van der Waals surface area contributed by atoms with Gasteiger partial charge in [-0.15, -0.1) is 0 Å². The van der Waals surface area contributed by atoms with Gasteiger partial charge in [0, 0.05) is 24.0 Å². The Labute approximate surface area is 116 Å². The zero-order chi connectivity index (χ0) is 13.1. The standard InChI is InChI=1S/C16H26N2O/c1-15(7-8-15)14(19)18-10-2-3-13(11-18)16-6-4-12(16)5-9-17-16/h12-13,17H,2-11H2,1H3. The number of nitrogens with zero attached hydrogens (tertiary/aromatic N) is 1. The molecule has 3 heteroatoms. The molecule has 0 radical (unpaired) electrons. The maximum Gasteiger partial charge on any atom is 0.228 e. The van der Waals surface area contributed by atoms with Crippen LogP contribution in [0.3, 0.4) is 0 Å². The van der Waals surface area contributed by atoms with E-state index in [2.05, 4.69) is 17.1 Å². The highest BCUT2D eigenvalue weighted by atomic mass is 16.2. The Morgan fingerprint density at radius 1 is 1.16 bits per heavy atom. The summed E-state index contributed by atoms with van der Waals surface area (Å²) in [6, 6.07) is 0. The van der Waals surface area contributed by atoms with Crippen molar-refractivity contribution in [2.75, 3.05) is 19.6 Å². The number of hydrogen-bond acceptors (Lipinski definition) is 2. The van der Waals surface area contributed by atoms with Crippen molar-refractivity contribution in [1.29, 1.82) is 0 Å². The zero-order valence-electron chi connectivity index (χ0n) is 12.1. The summed E-state index contributed by atoms with van der Waals surface area (Å²) in [5.74, 6) is 2.07. The molecule has 4 aliphatic rings. The number of rotatable bonds is 2. The van der Waals surface area contributed by atoms with Gasteiger partial charge >= 0.3 is 0 Å². The maximum atomic E-state index is 12.6. The van der Waals surface area contributed by atoms with Crippen molar-refractivity contribution < 1.29 is 4.79 Å². The number of piperidine rings is 1. The Bertz CT molecular complexity index is 404. The van der Waals surface area contributed by atoms with Crippen molar-refractivity contribution in [3.8, 4) is 0 Å². The highest BCUT2D eigenvalue weighted by Gasteiger charge is 2.56. The molecule has 1 N–H and O–H groups in total. The van der Waals surface area contributed by atoms with Crippen LogP contribution in [-0.2, 0) is 4.79 Å². The first-order chi connectivity index (χ1) is 9.14. The fraction of sp³-hybridized carbons (Fsp3) is 0.938. The number of carbonyl (C=O) groups is 1. The molecule has 0 aromatic rings. The van der Waals surface area contributed by atoms with Crippen LogP contribution in [0, 0.1) is 17.3 Å². The van der Waals surface area contributed by atoms with Crippen molar-refractivity contribution in [2.45, 2.75) is 57.4 Å². The predicted molar refractivity (Wildman–Crippen MR) is 74.7 cm³/mol. The summed E-state index contributed by atoms with van der Waals surface area (Å²) in [5.41, 5.74) is 0.436. The average molecular weight is 262 g/mol. The molecule has 3 unspecified atom stereocenters. The van der Waals surface area contributed by atoms with Crippen molar-refractivity contribution in [1.82, 2.24) is 10.2 Å². The van der Waals surface area contributed by atoms with Crippen molar-refractivity contribution in [3.63, 3.8) is 0 Å². The highest BCUT2D eigenvalue weighted by molar-refractivity contribution is 5.85. The van der Waals surface area contributed by atoms with Gasteiger partial charge in [-0.3, -0.25) is 4.79 Å². The second-order valence-corrected chi connectivity index (χ2v) is 7.64. The lowest BCUT2D eigenvalue weighted by atomic mass is 9.59. The number of hydrogen-bond donors (Lipinski definition) is 1. The van der Waals surface area contributed by atoms with Crippen LogP contribution in [0.25, 0.3) is 0 Å². The first kappa shape index (κ1) is 12.2. The van der Waals surface area contributed by atoms with E-state index < -0.39 is 0 Å². The molecule has 2 heterocycles. The van der Waals surface area contributed by atoms with Gasteiger partial charge in [-0.25, -0.2) is 0 Å². The molecule has 0 spiro atoms. The summed E-state index contributed by atoms with van der Waals surface area (Å²) in [4.78, 5) is 14.8. The van der Waals surface area contributed by atoms with Gasteiger partial charge in [0.1, 0.15) is 0 Å². The molecule has 19 heavy (non-hydrogen) atoms. The molecule has 0 bridgehead atoms. The summed E-state index contributed by atoms with van der Waals surface area (Å²) in [6.45, 7) is 5.38. The number of carbonyl (C=O) groups excluding carboxylic acids is 1. The van der Waals surface area contributed by atoms with Gasteiger partial charge in [0.25, 0.3) is 0 Å². The molecule has 4 fully saturated rings. The molecular weight excluding hydrogens is 236 g/mol. The Hall–Kier alpha value is -0.570. The van der Waals surface area contributed by atoms with Gasteiger partial charge in [0.2, 0.25) is 5.91 Å². The quantitative estimate of drug-likeness (QED) is 0.827. The first-order valence-corrected chi connectivity index (χ1v) is 8.18. The normalized spacial score (nSPS) is 43.5. The van der Waals surface area contributed by atoms with Gasteiger partial charge < -0.3 is 10.2 Å². The number of likely N-dealkylation sites (tertiary alicyclic amines) is 1. The number of fused-ring (bicyclic) bond motifs is 1. The SMILES string of the molecule is CC1(C(=O)N2CCCC(C34CCC3CCN4)C2)CC1. The minimum Gasteiger partial charge on any atom is -0.342 e. The topological polar surface area (TPSA) is 32.3 Å². The third-order valence-corrected chi connectivity index (χ3v) is 6.54. The monoisotopic (exact) mass is 262 g/mol. The van der Waals surface area contributed by atoms with Crippen LogP contribution in [0.2, 0.25) is 0 Å². The molecule has 106 valence electrons. The number of nitrogens with one attached hydrogen (secondary N) is 1. The molecule has 2 saturated carbocycles. The maximum absolute atomic E-state index is 12.6. The van der Waals surface area contributed by atoms with Gasteiger partial charge in [-0.2, -0.15) is 0 Å². The van der Waals surface area contributed by atoms with E-state index in [9.17, 15) is 4.79 Å². The molecule has 1 amide bonds. The fourth-order valence-electron chi connectivity index (χ4n) is 4.82. The van der Waals surface area contributed by atoms with Gasteiger partial charge in [-0.1, -0.05) is 6.92 Å². The lowest BCUT2D eigenvalue weighted by Gasteiger charge is -2.53. The van der Waals surface area contributed by atoms with Crippen molar-refractivity contribution >= 4 is 5.91 Å². The van der Waals surface area contributed by atoms with E-state index in [1.807, 2.05) is 0 Å².